The van der Waals surface area contributed by atoms with Crippen LogP contribution in [-0.4, -0.2) is 20.7 Å². The SMILES string of the molecule is CC(C)n1cnnc1CNC(=O)C(C)(N)c1ccccc1.Cl.Cl. The maximum atomic E-state index is 12.3. The van der Waals surface area contributed by atoms with Crippen molar-refractivity contribution in [2.45, 2.75) is 38.9 Å². The fourth-order valence-corrected chi connectivity index (χ4v) is 2.08. The van der Waals surface area contributed by atoms with Gasteiger partial charge in [0.25, 0.3) is 0 Å². The topological polar surface area (TPSA) is 85.8 Å². The minimum absolute atomic E-state index is 0. The lowest BCUT2D eigenvalue weighted by atomic mass is 9.92. The van der Waals surface area contributed by atoms with Crippen LogP contribution in [0.25, 0.3) is 0 Å². The summed E-state index contributed by atoms with van der Waals surface area (Å²) >= 11 is 0. The lowest BCUT2D eigenvalue weighted by molar-refractivity contribution is -0.126. The molecule has 0 saturated heterocycles. The van der Waals surface area contributed by atoms with E-state index in [1.807, 2.05) is 48.7 Å². The summed E-state index contributed by atoms with van der Waals surface area (Å²) in [6, 6.07) is 9.55. The molecule has 23 heavy (non-hydrogen) atoms. The van der Waals surface area contributed by atoms with Gasteiger partial charge in [0.2, 0.25) is 5.91 Å². The number of carbonyl (C=O) groups is 1. The number of rotatable bonds is 5. The Bertz CT molecular complexity index is 613. The van der Waals surface area contributed by atoms with Crippen LogP contribution in [0.5, 0.6) is 0 Å². The zero-order valence-electron chi connectivity index (χ0n) is 13.4. The molecule has 0 fully saturated rings. The van der Waals surface area contributed by atoms with Gasteiger partial charge in [-0.05, 0) is 26.3 Å². The number of amides is 1. The molecule has 1 heterocycles. The molecule has 6 nitrogen and oxygen atoms in total. The van der Waals surface area contributed by atoms with Crippen molar-refractivity contribution in [2.75, 3.05) is 0 Å². The van der Waals surface area contributed by atoms with Gasteiger partial charge in [-0.15, -0.1) is 35.0 Å². The Balaban J connectivity index is 0.00000242. The van der Waals surface area contributed by atoms with E-state index in [4.69, 9.17) is 5.73 Å². The molecule has 1 atom stereocenters. The van der Waals surface area contributed by atoms with E-state index in [9.17, 15) is 4.79 Å². The predicted molar refractivity (Wildman–Crippen MR) is 94.7 cm³/mol. The second-order valence-corrected chi connectivity index (χ2v) is 5.50. The summed E-state index contributed by atoms with van der Waals surface area (Å²) in [5, 5.41) is 10.7. The average molecular weight is 360 g/mol. The fraction of sp³-hybridized carbons (Fsp3) is 0.400. The van der Waals surface area contributed by atoms with Gasteiger partial charge in [0.15, 0.2) is 5.82 Å². The summed E-state index contributed by atoms with van der Waals surface area (Å²) in [6.07, 6.45) is 1.66. The Morgan fingerprint density at radius 1 is 1.30 bits per heavy atom. The number of nitrogens with one attached hydrogen (secondary N) is 1. The first kappa shape index (κ1) is 21.4. The minimum atomic E-state index is -1.08. The largest absolute Gasteiger partial charge is 0.347 e. The molecular weight excluding hydrogens is 337 g/mol. The number of benzene rings is 1. The molecular formula is C15H23Cl2N5O. The molecule has 8 heteroatoms. The molecule has 0 radical (unpaired) electrons. The Hall–Kier alpha value is -1.63. The maximum Gasteiger partial charge on any atom is 0.244 e. The van der Waals surface area contributed by atoms with E-state index in [1.54, 1.807) is 13.3 Å². The van der Waals surface area contributed by atoms with Crippen LogP contribution in [-0.2, 0) is 16.9 Å². The predicted octanol–water partition coefficient (Wildman–Crippen LogP) is 2.19. The van der Waals surface area contributed by atoms with Crippen LogP contribution in [0.1, 0.15) is 38.2 Å². The van der Waals surface area contributed by atoms with Gasteiger partial charge < -0.3 is 15.6 Å². The van der Waals surface area contributed by atoms with Crippen molar-refractivity contribution < 1.29 is 4.79 Å². The quantitative estimate of drug-likeness (QED) is 0.856. The third kappa shape index (κ3) is 4.92. The smallest absolute Gasteiger partial charge is 0.244 e. The molecule has 0 saturated carbocycles. The van der Waals surface area contributed by atoms with E-state index >= 15 is 0 Å². The molecule has 0 aliphatic heterocycles. The van der Waals surface area contributed by atoms with Crippen LogP contribution >= 0.6 is 24.8 Å². The fourth-order valence-electron chi connectivity index (χ4n) is 2.08. The van der Waals surface area contributed by atoms with E-state index in [-0.39, 0.29) is 36.8 Å². The van der Waals surface area contributed by atoms with Crippen LogP contribution in [0.4, 0.5) is 0 Å². The Morgan fingerprint density at radius 3 is 2.48 bits per heavy atom. The van der Waals surface area contributed by atoms with Crippen molar-refractivity contribution in [1.82, 2.24) is 20.1 Å². The summed E-state index contributed by atoms with van der Waals surface area (Å²) in [4.78, 5) is 12.3. The molecule has 0 bridgehead atoms. The van der Waals surface area contributed by atoms with E-state index < -0.39 is 5.54 Å². The maximum absolute atomic E-state index is 12.3. The van der Waals surface area contributed by atoms with Crippen LogP contribution in [0.3, 0.4) is 0 Å². The Kier molecular flexibility index (Phi) is 8.23. The lowest BCUT2D eigenvalue weighted by Crippen LogP contribution is -2.48. The van der Waals surface area contributed by atoms with Gasteiger partial charge in [0, 0.05) is 6.04 Å². The first-order valence-corrected chi connectivity index (χ1v) is 6.94. The second kappa shape index (κ2) is 8.86. The third-order valence-electron chi connectivity index (χ3n) is 3.46. The molecule has 1 aromatic carbocycles. The summed E-state index contributed by atoms with van der Waals surface area (Å²) < 4.78 is 1.91. The Labute approximate surface area is 148 Å². The van der Waals surface area contributed by atoms with Crippen LogP contribution in [0, 0.1) is 0 Å². The molecule has 0 spiro atoms. The summed E-state index contributed by atoms with van der Waals surface area (Å²) in [7, 11) is 0. The number of hydrogen-bond acceptors (Lipinski definition) is 4. The highest BCUT2D eigenvalue weighted by Gasteiger charge is 2.30. The van der Waals surface area contributed by atoms with Gasteiger partial charge in [0.05, 0.1) is 6.54 Å². The van der Waals surface area contributed by atoms with Gasteiger partial charge in [-0.2, -0.15) is 0 Å². The number of hydrogen-bond donors (Lipinski definition) is 2. The monoisotopic (exact) mass is 359 g/mol. The normalized spacial score (nSPS) is 12.7. The van der Waals surface area contributed by atoms with E-state index in [0.29, 0.717) is 12.4 Å². The van der Waals surface area contributed by atoms with Gasteiger partial charge >= 0.3 is 0 Å². The van der Waals surface area contributed by atoms with Crippen molar-refractivity contribution in [3.63, 3.8) is 0 Å². The number of nitrogens with zero attached hydrogens (tertiary/aromatic N) is 3. The van der Waals surface area contributed by atoms with Gasteiger partial charge in [-0.25, -0.2) is 0 Å². The molecule has 3 N–H and O–H groups in total. The molecule has 1 amide bonds. The van der Waals surface area contributed by atoms with Crippen molar-refractivity contribution in [2.24, 2.45) is 5.73 Å². The molecule has 2 aromatic rings. The minimum Gasteiger partial charge on any atom is -0.347 e. The summed E-state index contributed by atoms with van der Waals surface area (Å²) in [5.41, 5.74) is 5.86. The summed E-state index contributed by atoms with van der Waals surface area (Å²) in [5.74, 6) is 0.467. The zero-order valence-corrected chi connectivity index (χ0v) is 15.0. The molecule has 2 rings (SSSR count). The Morgan fingerprint density at radius 2 is 1.91 bits per heavy atom. The van der Waals surface area contributed by atoms with Crippen molar-refractivity contribution in [1.29, 1.82) is 0 Å². The number of halogens is 2. The molecule has 0 aliphatic rings. The van der Waals surface area contributed by atoms with E-state index in [0.717, 1.165) is 5.56 Å². The van der Waals surface area contributed by atoms with Crippen molar-refractivity contribution in [3.8, 4) is 0 Å². The molecule has 1 unspecified atom stereocenters. The number of nitrogens with two attached hydrogens (primary N) is 1. The third-order valence-corrected chi connectivity index (χ3v) is 3.46. The lowest BCUT2D eigenvalue weighted by Gasteiger charge is -2.24. The van der Waals surface area contributed by atoms with Crippen molar-refractivity contribution in [3.05, 3.63) is 48.0 Å². The van der Waals surface area contributed by atoms with Gasteiger partial charge in [-0.3, -0.25) is 4.79 Å². The highest BCUT2D eigenvalue weighted by molar-refractivity contribution is 5.87. The first-order chi connectivity index (χ1) is 9.93. The summed E-state index contributed by atoms with van der Waals surface area (Å²) in [6.45, 7) is 6.07. The molecule has 128 valence electrons. The van der Waals surface area contributed by atoms with Crippen LogP contribution in [0.15, 0.2) is 36.7 Å². The molecule has 0 aliphatic carbocycles. The van der Waals surface area contributed by atoms with Crippen LogP contribution in [0.2, 0.25) is 0 Å². The number of carbonyl (C=O) groups excluding carboxylic acids is 1. The van der Waals surface area contributed by atoms with Gasteiger partial charge in [0.1, 0.15) is 11.9 Å². The average Bonchev–Trinajstić information content (AvgIpc) is 2.94. The highest BCUT2D eigenvalue weighted by atomic mass is 35.5. The van der Waals surface area contributed by atoms with E-state index in [2.05, 4.69) is 15.5 Å². The zero-order chi connectivity index (χ0) is 15.5. The highest BCUT2D eigenvalue weighted by Crippen LogP contribution is 2.17. The first-order valence-electron chi connectivity index (χ1n) is 6.94. The van der Waals surface area contributed by atoms with Crippen LogP contribution < -0.4 is 11.1 Å². The standard InChI is InChI=1S/C15H21N5O.2ClH/c1-11(2)20-10-18-19-13(20)9-17-14(21)15(3,16)12-7-5-4-6-8-12;;/h4-8,10-11H,9,16H2,1-3H3,(H,17,21);2*1H. The van der Waals surface area contributed by atoms with Crippen molar-refractivity contribution >= 4 is 30.7 Å². The second-order valence-electron chi connectivity index (χ2n) is 5.50. The van der Waals surface area contributed by atoms with Gasteiger partial charge in [-0.1, -0.05) is 30.3 Å². The molecule has 1 aromatic heterocycles. The van der Waals surface area contributed by atoms with E-state index in [1.165, 1.54) is 0 Å². The number of aromatic nitrogens is 3.